The summed E-state index contributed by atoms with van der Waals surface area (Å²) in [4.78, 5) is 0. The van der Waals surface area contributed by atoms with Crippen LogP contribution in [0.1, 0.15) is 5.56 Å². The lowest BCUT2D eigenvalue weighted by Crippen LogP contribution is -2.15. The van der Waals surface area contributed by atoms with Crippen molar-refractivity contribution < 1.29 is 17.9 Å². The lowest BCUT2D eigenvalue weighted by atomic mass is 10.2. The van der Waals surface area contributed by atoms with E-state index in [9.17, 15) is 8.42 Å². The molecule has 5 nitrogen and oxygen atoms in total. The van der Waals surface area contributed by atoms with E-state index in [1.54, 1.807) is 30.3 Å². The minimum Gasteiger partial charge on any atom is -0.493 e. The molecule has 0 amide bonds. The maximum Gasteiger partial charge on any atom is 0.237 e. The number of sulfonamides is 1. The van der Waals surface area contributed by atoms with E-state index in [-0.39, 0.29) is 5.75 Å². The Hall–Kier alpha value is -1.63. The minimum absolute atomic E-state index is 0.301. The second-order valence-electron chi connectivity index (χ2n) is 4.63. The topological polar surface area (TPSA) is 64.6 Å². The SMILES string of the molecule is COc1ccc(NS(=O)(=O)Cc2c(Cl)cccc2Cl)cc1OC. The Morgan fingerprint density at radius 1 is 1.00 bits per heavy atom. The Labute approximate surface area is 145 Å². The molecule has 0 unspecified atom stereocenters. The van der Waals surface area contributed by atoms with Crippen LogP contribution >= 0.6 is 23.2 Å². The molecule has 23 heavy (non-hydrogen) atoms. The van der Waals surface area contributed by atoms with Gasteiger partial charge in [0.05, 0.1) is 25.7 Å². The van der Waals surface area contributed by atoms with Crippen LogP contribution in [0.3, 0.4) is 0 Å². The summed E-state index contributed by atoms with van der Waals surface area (Å²) in [5.41, 5.74) is 0.703. The molecule has 0 aromatic heterocycles. The summed E-state index contributed by atoms with van der Waals surface area (Å²) in [6, 6.07) is 9.56. The molecule has 0 saturated carbocycles. The van der Waals surface area contributed by atoms with E-state index >= 15 is 0 Å². The highest BCUT2D eigenvalue weighted by Crippen LogP contribution is 2.31. The number of nitrogens with one attached hydrogen (secondary N) is 1. The minimum atomic E-state index is -3.69. The van der Waals surface area contributed by atoms with E-state index in [4.69, 9.17) is 32.7 Å². The van der Waals surface area contributed by atoms with E-state index < -0.39 is 10.0 Å². The first kappa shape index (κ1) is 17.7. The third kappa shape index (κ3) is 4.43. The van der Waals surface area contributed by atoms with Crippen molar-refractivity contribution in [3.8, 4) is 11.5 Å². The molecule has 0 spiro atoms. The highest BCUT2D eigenvalue weighted by molar-refractivity contribution is 7.91. The molecule has 0 saturated heterocycles. The monoisotopic (exact) mass is 375 g/mol. The number of benzene rings is 2. The first-order chi connectivity index (χ1) is 10.9. The number of ether oxygens (including phenoxy) is 2. The molecular formula is C15H15Cl2NO4S. The number of anilines is 1. The van der Waals surface area contributed by atoms with Gasteiger partial charge in [0.2, 0.25) is 10.0 Å². The molecule has 0 atom stereocenters. The van der Waals surface area contributed by atoms with Crippen molar-refractivity contribution in [1.82, 2.24) is 0 Å². The van der Waals surface area contributed by atoms with Crippen molar-refractivity contribution in [3.05, 3.63) is 52.0 Å². The molecule has 0 fully saturated rings. The largest absolute Gasteiger partial charge is 0.493 e. The smallest absolute Gasteiger partial charge is 0.237 e. The summed E-state index contributed by atoms with van der Waals surface area (Å²) in [5.74, 6) is 0.591. The van der Waals surface area contributed by atoms with E-state index in [0.717, 1.165) is 0 Å². The molecule has 0 bridgehead atoms. The average Bonchev–Trinajstić information content (AvgIpc) is 2.50. The molecule has 8 heteroatoms. The van der Waals surface area contributed by atoms with Crippen molar-refractivity contribution in [2.24, 2.45) is 0 Å². The molecule has 0 aliphatic rings. The molecule has 0 aliphatic heterocycles. The summed E-state index contributed by atoms with van der Waals surface area (Å²) >= 11 is 12.0. The molecule has 1 N–H and O–H groups in total. The maximum absolute atomic E-state index is 12.3. The van der Waals surface area contributed by atoms with Gasteiger partial charge in [0.25, 0.3) is 0 Å². The van der Waals surface area contributed by atoms with Gasteiger partial charge in [0.15, 0.2) is 11.5 Å². The van der Waals surface area contributed by atoms with Crippen molar-refractivity contribution in [1.29, 1.82) is 0 Å². The number of hydrogen-bond acceptors (Lipinski definition) is 4. The fourth-order valence-electron chi connectivity index (χ4n) is 1.98. The van der Waals surface area contributed by atoms with Crippen LogP contribution in [0, 0.1) is 0 Å². The third-order valence-electron chi connectivity index (χ3n) is 3.05. The zero-order valence-corrected chi connectivity index (χ0v) is 14.8. The number of hydrogen-bond donors (Lipinski definition) is 1. The van der Waals surface area contributed by atoms with Crippen LogP contribution in [0.25, 0.3) is 0 Å². The van der Waals surface area contributed by atoms with Crippen molar-refractivity contribution >= 4 is 38.9 Å². The number of rotatable bonds is 6. The normalized spacial score (nSPS) is 11.1. The molecule has 2 rings (SSSR count). The molecule has 2 aromatic rings. The number of methoxy groups -OCH3 is 2. The first-order valence-corrected chi connectivity index (χ1v) is 8.92. The molecule has 0 heterocycles. The van der Waals surface area contributed by atoms with E-state index in [1.165, 1.54) is 20.3 Å². The second-order valence-corrected chi connectivity index (χ2v) is 7.17. The van der Waals surface area contributed by atoms with E-state index in [0.29, 0.717) is 32.8 Å². The highest BCUT2D eigenvalue weighted by atomic mass is 35.5. The lowest BCUT2D eigenvalue weighted by molar-refractivity contribution is 0.355. The quantitative estimate of drug-likeness (QED) is 0.829. The summed E-state index contributed by atoms with van der Waals surface area (Å²) in [7, 11) is -0.720. The van der Waals surface area contributed by atoms with Gasteiger partial charge in [-0.05, 0) is 24.3 Å². The fraction of sp³-hybridized carbons (Fsp3) is 0.200. The molecule has 124 valence electrons. The Bertz CT molecular complexity index is 789. The van der Waals surface area contributed by atoms with Gasteiger partial charge in [-0.1, -0.05) is 29.3 Å². The van der Waals surface area contributed by atoms with Gasteiger partial charge in [0, 0.05) is 21.7 Å². The Morgan fingerprint density at radius 2 is 1.61 bits per heavy atom. The maximum atomic E-state index is 12.3. The van der Waals surface area contributed by atoms with Gasteiger partial charge in [-0.25, -0.2) is 8.42 Å². The first-order valence-electron chi connectivity index (χ1n) is 6.51. The van der Waals surface area contributed by atoms with Crippen LogP contribution in [0.4, 0.5) is 5.69 Å². The van der Waals surface area contributed by atoms with Crippen LogP contribution in [-0.2, 0) is 15.8 Å². The summed E-state index contributed by atoms with van der Waals surface area (Å²) in [6.07, 6.45) is 0. The molecule has 2 aromatic carbocycles. The summed E-state index contributed by atoms with van der Waals surface area (Å²) < 4.78 is 37.4. The van der Waals surface area contributed by atoms with Crippen molar-refractivity contribution in [2.45, 2.75) is 5.75 Å². The van der Waals surface area contributed by atoms with Crippen LogP contribution < -0.4 is 14.2 Å². The van der Waals surface area contributed by atoms with Gasteiger partial charge in [0.1, 0.15) is 0 Å². The standard InChI is InChI=1S/C15H15Cl2NO4S/c1-21-14-7-6-10(8-15(14)22-2)18-23(19,20)9-11-12(16)4-3-5-13(11)17/h3-8,18H,9H2,1-2H3. The van der Waals surface area contributed by atoms with E-state index in [1.807, 2.05) is 0 Å². The van der Waals surface area contributed by atoms with Gasteiger partial charge in [-0.15, -0.1) is 0 Å². The number of halogens is 2. The zero-order valence-electron chi connectivity index (χ0n) is 12.5. The second kappa shape index (κ2) is 7.29. The van der Waals surface area contributed by atoms with E-state index in [2.05, 4.69) is 4.72 Å². The lowest BCUT2D eigenvalue weighted by Gasteiger charge is -2.13. The molecule has 0 radical (unpaired) electrons. The van der Waals surface area contributed by atoms with Gasteiger partial charge in [-0.2, -0.15) is 0 Å². The Kier molecular flexibility index (Phi) is 5.62. The highest BCUT2D eigenvalue weighted by Gasteiger charge is 2.17. The third-order valence-corrected chi connectivity index (χ3v) is 4.98. The summed E-state index contributed by atoms with van der Waals surface area (Å²) in [6.45, 7) is 0. The van der Waals surface area contributed by atoms with Gasteiger partial charge >= 0.3 is 0 Å². The molecule has 0 aliphatic carbocycles. The van der Waals surface area contributed by atoms with Crippen molar-refractivity contribution in [3.63, 3.8) is 0 Å². The molecular weight excluding hydrogens is 361 g/mol. The Balaban J connectivity index is 2.25. The summed E-state index contributed by atoms with van der Waals surface area (Å²) in [5, 5.41) is 0.602. The van der Waals surface area contributed by atoms with Crippen LogP contribution in [-0.4, -0.2) is 22.6 Å². The van der Waals surface area contributed by atoms with Gasteiger partial charge in [-0.3, -0.25) is 4.72 Å². The predicted octanol–water partition coefficient (Wildman–Crippen LogP) is 3.95. The van der Waals surface area contributed by atoms with Crippen LogP contribution in [0.2, 0.25) is 10.0 Å². The average molecular weight is 376 g/mol. The van der Waals surface area contributed by atoms with Crippen LogP contribution in [0.5, 0.6) is 11.5 Å². The van der Waals surface area contributed by atoms with Crippen LogP contribution in [0.15, 0.2) is 36.4 Å². The Morgan fingerprint density at radius 3 is 2.17 bits per heavy atom. The van der Waals surface area contributed by atoms with Gasteiger partial charge < -0.3 is 9.47 Å². The van der Waals surface area contributed by atoms with Crippen molar-refractivity contribution in [2.75, 3.05) is 18.9 Å². The predicted molar refractivity (Wildman–Crippen MR) is 92.3 cm³/mol. The zero-order chi connectivity index (χ0) is 17.0. The fourth-order valence-corrected chi connectivity index (χ4v) is 3.91.